The lowest BCUT2D eigenvalue weighted by Crippen LogP contribution is -2.31. The number of hydrogen-bond acceptors (Lipinski definition) is 4. The van der Waals surface area contributed by atoms with Crippen LogP contribution in [0.3, 0.4) is 0 Å². The van der Waals surface area contributed by atoms with Crippen LogP contribution in [0.25, 0.3) is 0 Å². The van der Waals surface area contributed by atoms with Crippen molar-refractivity contribution in [3.8, 4) is 23.0 Å². The maximum atomic E-state index is 6.38. The van der Waals surface area contributed by atoms with Crippen molar-refractivity contribution in [2.75, 3.05) is 19.8 Å². The van der Waals surface area contributed by atoms with Gasteiger partial charge in [-0.2, -0.15) is 0 Å². The molecule has 4 nitrogen and oxygen atoms in total. The van der Waals surface area contributed by atoms with E-state index in [0.29, 0.717) is 31.7 Å². The lowest BCUT2D eigenvalue weighted by Gasteiger charge is -2.31. The zero-order valence-corrected chi connectivity index (χ0v) is 16.6. The minimum absolute atomic E-state index is 0.0433. The summed E-state index contributed by atoms with van der Waals surface area (Å²) in [7, 11) is 0. The second-order valence-electron chi connectivity index (χ2n) is 7.85. The van der Waals surface area contributed by atoms with Crippen LogP contribution in [0.2, 0.25) is 0 Å². The molecule has 144 valence electrons. The Balaban J connectivity index is 1.49. The molecule has 2 aromatic carbocycles. The van der Waals surface area contributed by atoms with Crippen molar-refractivity contribution < 1.29 is 18.9 Å². The smallest absolute Gasteiger partial charge is 0.164 e. The monoisotopic (exact) mass is 368 g/mol. The van der Waals surface area contributed by atoms with Crippen molar-refractivity contribution in [1.82, 2.24) is 0 Å². The molecule has 0 amide bonds. The van der Waals surface area contributed by atoms with E-state index in [1.165, 1.54) is 16.7 Å². The summed E-state index contributed by atoms with van der Waals surface area (Å²) in [5.41, 5.74) is 3.75. The van der Waals surface area contributed by atoms with Crippen LogP contribution in [-0.4, -0.2) is 25.9 Å². The first-order chi connectivity index (χ1) is 13.0. The number of rotatable bonds is 4. The zero-order valence-electron chi connectivity index (χ0n) is 16.6. The van der Waals surface area contributed by atoms with E-state index in [1.807, 2.05) is 12.1 Å². The molecule has 0 aromatic heterocycles. The molecule has 2 aliphatic heterocycles. The summed E-state index contributed by atoms with van der Waals surface area (Å²) in [6.07, 6.45) is 0.937. The molecule has 27 heavy (non-hydrogen) atoms. The molecule has 0 fully saturated rings. The van der Waals surface area contributed by atoms with E-state index in [2.05, 4.69) is 45.9 Å². The standard InChI is InChI=1S/C23H28O4/c1-14(2)19-6-8-21-23(16(19)4)27-18(13-26-21)11-15(3)17-5-7-20-22(12-17)25-10-9-24-20/h5-8,12,14-15,18H,9-11,13H2,1-4H3. The molecule has 2 heterocycles. The third-order valence-electron chi connectivity index (χ3n) is 5.49. The first-order valence-corrected chi connectivity index (χ1v) is 9.85. The fraction of sp³-hybridized carbons (Fsp3) is 0.478. The van der Waals surface area contributed by atoms with E-state index in [9.17, 15) is 0 Å². The van der Waals surface area contributed by atoms with E-state index in [0.717, 1.165) is 29.4 Å². The molecular weight excluding hydrogens is 340 g/mol. The maximum absolute atomic E-state index is 6.38. The van der Waals surface area contributed by atoms with Gasteiger partial charge in [0.05, 0.1) is 0 Å². The van der Waals surface area contributed by atoms with Gasteiger partial charge in [0.2, 0.25) is 0 Å². The van der Waals surface area contributed by atoms with Crippen LogP contribution in [0.5, 0.6) is 23.0 Å². The van der Waals surface area contributed by atoms with Gasteiger partial charge in [-0.1, -0.05) is 32.9 Å². The first kappa shape index (κ1) is 18.0. The van der Waals surface area contributed by atoms with Crippen molar-refractivity contribution in [2.24, 2.45) is 0 Å². The summed E-state index contributed by atoms with van der Waals surface area (Å²) in [6.45, 7) is 10.6. The van der Waals surface area contributed by atoms with E-state index >= 15 is 0 Å². The second kappa shape index (κ2) is 7.34. The van der Waals surface area contributed by atoms with Crippen molar-refractivity contribution >= 4 is 0 Å². The summed E-state index contributed by atoms with van der Waals surface area (Å²) in [5.74, 6) is 4.25. The van der Waals surface area contributed by atoms with Crippen LogP contribution in [0.1, 0.15) is 55.7 Å². The van der Waals surface area contributed by atoms with Gasteiger partial charge in [-0.15, -0.1) is 0 Å². The van der Waals surface area contributed by atoms with Crippen molar-refractivity contribution in [3.63, 3.8) is 0 Å². The second-order valence-corrected chi connectivity index (χ2v) is 7.85. The minimum Gasteiger partial charge on any atom is -0.486 e. The van der Waals surface area contributed by atoms with Gasteiger partial charge in [0, 0.05) is 0 Å². The molecule has 0 saturated heterocycles. The van der Waals surface area contributed by atoms with Crippen molar-refractivity contribution in [1.29, 1.82) is 0 Å². The lowest BCUT2D eigenvalue weighted by atomic mass is 9.93. The van der Waals surface area contributed by atoms with Gasteiger partial charge < -0.3 is 18.9 Å². The molecule has 0 aliphatic carbocycles. The molecular formula is C23H28O4. The highest BCUT2D eigenvalue weighted by Gasteiger charge is 2.26. The normalized spacial score (nSPS) is 19.1. The molecule has 2 atom stereocenters. The maximum Gasteiger partial charge on any atom is 0.164 e. The lowest BCUT2D eigenvalue weighted by molar-refractivity contribution is 0.0795. The third kappa shape index (κ3) is 3.58. The fourth-order valence-corrected chi connectivity index (χ4v) is 3.96. The Labute approximate surface area is 161 Å². The van der Waals surface area contributed by atoms with Crippen LogP contribution in [0, 0.1) is 6.92 Å². The average Bonchev–Trinajstić information content (AvgIpc) is 2.68. The number of fused-ring (bicyclic) bond motifs is 2. The molecule has 4 rings (SSSR count). The predicted molar refractivity (Wildman–Crippen MR) is 106 cm³/mol. The van der Waals surface area contributed by atoms with E-state index < -0.39 is 0 Å². The van der Waals surface area contributed by atoms with Crippen molar-refractivity contribution in [3.05, 3.63) is 47.0 Å². The van der Waals surface area contributed by atoms with Crippen molar-refractivity contribution in [2.45, 2.75) is 52.1 Å². The number of hydrogen-bond donors (Lipinski definition) is 0. The van der Waals surface area contributed by atoms with E-state index in [-0.39, 0.29) is 6.10 Å². The van der Waals surface area contributed by atoms with Gasteiger partial charge in [-0.3, -0.25) is 0 Å². The highest BCUT2D eigenvalue weighted by Crippen LogP contribution is 2.41. The zero-order chi connectivity index (χ0) is 19.0. The largest absolute Gasteiger partial charge is 0.486 e. The van der Waals surface area contributed by atoms with Gasteiger partial charge in [-0.05, 0) is 60.1 Å². The average molecular weight is 368 g/mol. The summed E-state index contributed by atoms with van der Waals surface area (Å²) in [6, 6.07) is 10.4. The quantitative estimate of drug-likeness (QED) is 0.741. The highest BCUT2D eigenvalue weighted by molar-refractivity contribution is 5.52. The summed E-state index contributed by atoms with van der Waals surface area (Å²) >= 11 is 0. The van der Waals surface area contributed by atoms with Crippen LogP contribution in [0.15, 0.2) is 30.3 Å². The van der Waals surface area contributed by atoms with Gasteiger partial charge in [0.1, 0.15) is 25.9 Å². The Kier molecular flexibility index (Phi) is 4.90. The topological polar surface area (TPSA) is 36.9 Å². The SMILES string of the molecule is Cc1c(C(C)C)ccc2c1OC(CC(C)c1ccc3c(c1)OCCO3)CO2. The third-order valence-corrected chi connectivity index (χ3v) is 5.49. The van der Waals surface area contributed by atoms with E-state index in [1.54, 1.807) is 0 Å². The molecule has 0 N–H and O–H groups in total. The molecule has 0 radical (unpaired) electrons. The van der Waals surface area contributed by atoms with Crippen LogP contribution in [-0.2, 0) is 0 Å². The minimum atomic E-state index is 0.0433. The Hall–Kier alpha value is -2.36. The molecule has 2 aliphatic rings. The van der Waals surface area contributed by atoms with Crippen LogP contribution in [0.4, 0.5) is 0 Å². The number of ether oxygens (including phenoxy) is 4. The first-order valence-electron chi connectivity index (χ1n) is 9.85. The Bertz CT molecular complexity index is 827. The summed E-state index contributed by atoms with van der Waals surface area (Å²) in [5, 5.41) is 0. The fourth-order valence-electron chi connectivity index (χ4n) is 3.96. The number of benzene rings is 2. The van der Waals surface area contributed by atoms with Gasteiger partial charge in [-0.25, -0.2) is 0 Å². The Morgan fingerprint density at radius 2 is 1.67 bits per heavy atom. The molecule has 4 heteroatoms. The van der Waals surface area contributed by atoms with Crippen LogP contribution < -0.4 is 18.9 Å². The van der Waals surface area contributed by atoms with E-state index in [4.69, 9.17) is 18.9 Å². The Morgan fingerprint density at radius 1 is 0.926 bits per heavy atom. The van der Waals surface area contributed by atoms with Gasteiger partial charge in [0.15, 0.2) is 23.0 Å². The molecule has 0 spiro atoms. The van der Waals surface area contributed by atoms with Crippen LogP contribution >= 0.6 is 0 Å². The van der Waals surface area contributed by atoms with Gasteiger partial charge >= 0.3 is 0 Å². The summed E-state index contributed by atoms with van der Waals surface area (Å²) in [4.78, 5) is 0. The predicted octanol–water partition coefficient (Wildman–Crippen LogP) is 5.22. The highest BCUT2D eigenvalue weighted by atomic mass is 16.6. The molecule has 2 unspecified atom stereocenters. The molecule has 2 aromatic rings. The summed E-state index contributed by atoms with van der Waals surface area (Å²) < 4.78 is 23.7. The Morgan fingerprint density at radius 3 is 2.44 bits per heavy atom. The van der Waals surface area contributed by atoms with Gasteiger partial charge in [0.25, 0.3) is 0 Å². The molecule has 0 saturated carbocycles. The molecule has 0 bridgehead atoms.